The van der Waals surface area contributed by atoms with Crippen molar-refractivity contribution in [2.75, 3.05) is 0 Å². The zero-order valence-electron chi connectivity index (χ0n) is 13.7. The average Bonchev–Trinajstić information content (AvgIpc) is 2.65. The Labute approximate surface area is 144 Å². The van der Waals surface area contributed by atoms with E-state index in [0.29, 0.717) is 32.1 Å². The summed E-state index contributed by atoms with van der Waals surface area (Å²) in [6, 6.07) is 9.48. The van der Waals surface area contributed by atoms with Gasteiger partial charge in [-0.1, -0.05) is 30.3 Å². The van der Waals surface area contributed by atoms with Gasteiger partial charge in [0.15, 0.2) is 0 Å². The summed E-state index contributed by atoms with van der Waals surface area (Å²) >= 11 is 0. The molecule has 8 nitrogen and oxygen atoms in total. The van der Waals surface area contributed by atoms with Crippen LogP contribution in [0.15, 0.2) is 30.3 Å². The molecule has 0 saturated heterocycles. The third-order valence-electron chi connectivity index (χ3n) is 6.19. The second kappa shape index (κ2) is 5.57. The Bertz CT molecular complexity index is 680. The van der Waals surface area contributed by atoms with Crippen molar-refractivity contribution in [1.29, 1.82) is 0 Å². The Morgan fingerprint density at radius 1 is 0.880 bits per heavy atom. The number of hydrogen-bond acceptors (Lipinski definition) is 6. The predicted octanol–water partition coefficient (Wildman–Crippen LogP) is 3.28. The number of hydrogen-bond donors (Lipinski definition) is 0. The molecule has 0 aliphatic heterocycles. The van der Waals surface area contributed by atoms with Crippen LogP contribution in [0.3, 0.4) is 0 Å². The Balaban J connectivity index is 1.81. The molecule has 1 aromatic carbocycles. The summed E-state index contributed by atoms with van der Waals surface area (Å²) < 4.78 is 0. The lowest BCUT2D eigenvalue weighted by Gasteiger charge is -2.47. The topological polar surface area (TPSA) is 105 Å². The summed E-state index contributed by atoms with van der Waals surface area (Å²) in [5.74, 6) is 0.0107. The van der Waals surface area contributed by atoms with Crippen LogP contribution in [0, 0.1) is 32.1 Å². The highest BCUT2D eigenvalue weighted by atomic mass is 17.0. The molecule has 0 amide bonds. The Morgan fingerprint density at radius 2 is 1.48 bits per heavy atom. The zero-order chi connectivity index (χ0) is 17.7. The second-order valence-corrected chi connectivity index (χ2v) is 7.83. The number of fused-ring (bicyclic) bond motifs is 1. The molecular weight excluding hydrogens is 328 g/mol. The van der Waals surface area contributed by atoms with Gasteiger partial charge in [0.2, 0.25) is 0 Å². The van der Waals surface area contributed by atoms with Crippen LogP contribution < -0.4 is 0 Å². The summed E-state index contributed by atoms with van der Waals surface area (Å²) in [4.78, 5) is 33.0. The molecule has 1 aromatic rings. The van der Waals surface area contributed by atoms with Gasteiger partial charge in [0, 0.05) is 5.92 Å². The first-order valence-corrected chi connectivity index (χ1v) is 8.62. The quantitative estimate of drug-likeness (QED) is 0.597. The first-order chi connectivity index (χ1) is 11.9. The van der Waals surface area contributed by atoms with E-state index in [1.807, 2.05) is 30.3 Å². The smallest absolute Gasteiger partial charge is 0.295 e. The molecule has 3 unspecified atom stereocenters. The van der Waals surface area contributed by atoms with E-state index in [2.05, 4.69) is 0 Å². The fourth-order valence-electron chi connectivity index (χ4n) is 5.82. The van der Waals surface area contributed by atoms with Crippen molar-refractivity contribution < 1.29 is 19.8 Å². The lowest BCUT2D eigenvalue weighted by Crippen LogP contribution is -2.47. The maximum atomic E-state index is 11.3. The SMILES string of the molecule is O=[N+]([O-])OC12CC(c3ccccc3)C3(O[N+](=O)[O-])C[C@H](C[C@@H](C1)C3)C2. The lowest BCUT2D eigenvalue weighted by molar-refractivity contribution is -0.784. The van der Waals surface area contributed by atoms with Crippen molar-refractivity contribution in [3.63, 3.8) is 0 Å². The van der Waals surface area contributed by atoms with E-state index >= 15 is 0 Å². The molecule has 25 heavy (non-hydrogen) atoms. The van der Waals surface area contributed by atoms with Gasteiger partial charge in [-0.25, -0.2) is 0 Å². The van der Waals surface area contributed by atoms with Crippen LogP contribution in [0.25, 0.3) is 0 Å². The molecule has 0 N–H and O–H groups in total. The van der Waals surface area contributed by atoms with Gasteiger partial charge in [-0.15, -0.1) is 20.2 Å². The Morgan fingerprint density at radius 3 is 2.04 bits per heavy atom. The molecule has 134 valence electrons. The van der Waals surface area contributed by atoms with Crippen LogP contribution in [0.4, 0.5) is 0 Å². The van der Waals surface area contributed by atoms with Crippen LogP contribution in [-0.4, -0.2) is 21.4 Å². The van der Waals surface area contributed by atoms with Crippen molar-refractivity contribution in [2.24, 2.45) is 11.8 Å². The van der Waals surface area contributed by atoms with Crippen LogP contribution >= 0.6 is 0 Å². The van der Waals surface area contributed by atoms with Gasteiger partial charge in [0.05, 0.1) is 0 Å². The molecule has 4 aliphatic carbocycles. The molecule has 8 heteroatoms. The number of rotatable bonds is 5. The first kappa shape index (κ1) is 16.1. The van der Waals surface area contributed by atoms with Crippen molar-refractivity contribution in [1.82, 2.24) is 0 Å². The van der Waals surface area contributed by atoms with Crippen molar-refractivity contribution >= 4 is 0 Å². The van der Waals surface area contributed by atoms with Gasteiger partial charge in [-0.2, -0.15) is 0 Å². The van der Waals surface area contributed by atoms with E-state index in [9.17, 15) is 20.2 Å². The molecule has 4 aliphatic rings. The van der Waals surface area contributed by atoms with Gasteiger partial charge < -0.3 is 9.68 Å². The lowest BCUT2D eigenvalue weighted by atomic mass is 9.64. The molecule has 4 bridgehead atoms. The molecule has 5 atom stereocenters. The molecule has 0 aromatic heterocycles. The monoisotopic (exact) mass is 348 g/mol. The van der Waals surface area contributed by atoms with E-state index in [1.165, 1.54) is 0 Å². The second-order valence-electron chi connectivity index (χ2n) is 7.83. The average molecular weight is 348 g/mol. The van der Waals surface area contributed by atoms with Crippen molar-refractivity contribution in [2.45, 2.75) is 55.6 Å². The van der Waals surface area contributed by atoms with Crippen molar-refractivity contribution in [3.8, 4) is 0 Å². The van der Waals surface area contributed by atoms with Gasteiger partial charge in [0.1, 0.15) is 11.2 Å². The highest BCUT2D eigenvalue weighted by Gasteiger charge is 2.61. The minimum absolute atomic E-state index is 0.154. The molecular formula is C17H20N2O6. The van der Waals surface area contributed by atoms with Gasteiger partial charge in [0.25, 0.3) is 10.2 Å². The largest absolute Gasteiger partial charge is 0.307 e. The van der Waals surface area contributed by atoms with E-state index in [-0.39, 0.29) is 17.8 Å². The minimum atomic E-state index is -0.920. The van der Waals surface area contributed by atoms with Gasteiger partial charge >= 0.3 is 0 Å². The molecule has 0 spiro atoms. The maximum Gasteiger partial charge on any atom is 0.295 e. The van der Waals surface area contributed by atoms with Crippen LogP contribution in [0.2, 0.25) is 0 Å². The minimum Gasteiger partial charge on any atom is -0.307 e. The van der Waals surface area contributed by atoms with E-state index in [1.54, 1.807) is 0 Å². The highest BCUT2D eigenvalue weighted by molar-refractivity contribution is 5.27. The molecule has 4 fully saturated rings. The van der Waals surface area contributed by atoms with Gasteiger partial charge in [-0.05, 0) is 55.9 Å². The Hall–Kier alpha value is -2.38. The van der Waals surface area contributed by atoms with Crippen LogP contribution in [0.5, 0.6) is 0 Å². The van der Waals surface area contributed by atoms with E-state index in [0.717, 1.165) is 12.0 Å². The summed E-state index contributed by atoms with van der Waals surface area (Å²) in [7, 11) is 0. The van der Waals surface area contributed by atoms with Gasteiger partial charge in [-0.3, -0.25) is 0 Å². The van der Waals surface area contributed by atoms with Crippen LogP contribution in [0.1, 0.15) is 50.0 Å². The maximum absolute atomic E-state index is 11.3. The summed E-state index contributed by atoms with van der Waals surface area (Å²) in [6.45, 7) is 0. The standard InChI is InChI=1S/C17H20N2O6/c20-18(21)24-16-7-12-6-13(8-16)10-17(9-12,25-19(22)23)15(11-16)14-4-2-1-3-5-14/h1-5,12-13,15H,6-11H2/t12-,13+,15?,16?,17?. The zero-order valence-corrected chi connectivity index (χ0v) is 13.7. The fourth-order valence-corrected chi connectivity index (χ4v) is 5.82. The molecule has 0 heterocycles. The molecule has 5 rings (SSSR count). The van der Waals surface area contributed by atoms with E-state index < -0.39 is 21.4 Å². The predicted molar refractivity (Wildman–Crippen MR) is 85.5 cm³/mol. The fraction of sp³-hybridized carbons (Fsp3) is 0.647. The Kier molecular flexibility index (Phi) is 3.59. The number of nitrogens with zero attached hydrogens (tertiary/aromatic N) is 2. The van der Waals surface area contributed by atoms with Crippen molar-refractivity contribution in [3.05, 3.63) is 56.1 Å². The third kappa shape index (κ3) is 2.79. The normalized spacial score (nSPS) is 38.8. The van der Waals surface area contributed by atoms with E-state index in [4.69, 9.17) is 9.68 Å². The molecule has 0 radical (unpaired) electrons. The van der Waals surface area contributed by atoms with Crippen LogP contribution in [-0.2, 0) is 9.68 Å². The summed E-state index contributed by atoms with van der Waals surface area (Å²) in [5.41, 5.74) is -0.865. The first-order valence-electron chi connectivity index (χ1n) is 8.62. The highest BCUT2D eigenvalue weighted by Crippen LogP contribution is 2.61. The third-order valence-corrected chi connectivity index (χ3v) is 6.19. The summed E-state index contributed by atoms with van der Waals surface area (Å²) in [5, 5.41) is 21.0. The molecule has 4 saturated carbocycles. The number of benzene rings is 1. The summed E-state index contributed by atoms with van der Waals surface area (Å²) in [6.07, 6.45) is 3.54.